The largest absolute Gasteiger partial charge is 0.423 e. The molecule has 3 aromatic heterocycles. The molecule has 35 heavy (non-hydrogen) atoms. The van der Waals surface area contributed by atoms with Crippen molar-refractivity contribution in [1.29, 1.82) is 0 Å². The number of anilines is 1. The Morgan fingerprint density at radius 2 is 1.83 bits per heavy atom. The quantitative estimate of drug-likeness (QED) is 0.336. The number of hydrogen-bond acceptors (Lipinski definition) is 5. The Labute approximate surface area is 207 Å². The van der Waals surface area contributed by atoms with Crippen molar-refractivity contribution >= 4 is 40.3 Å². The Hall–Kier alpha value is -3.84. The molecule has 1 amide bonds. The Morgan fingerprint density at radius 1 is 1.00 bits per heavy atom. The number of amides is 1. The number of nitrogens with zero attached hydrogens (tertiary/aromatic N) is 5. The summed E-state index contributed by atoms with van der Waals surface area (Å²) in [6, 6.07) is 21.8. The monoisotopic (exact) mass is 485 g/mol. The zero-order valence-corrected chi connectivity index (χ0v) is 20.0. The van der Waals surface area contributed by atoms with E-state index in [-0.39, 0.29) is 11.9 Å². The molecule has 4 heterocycles. The van der Waals surface area contributed by atoms with Gasteiger partial charge >= 0.3 is 0 Å². The zero-order chi connectivity index (χ0) is 23.9. The van der Waals surface area contributed by atoms with Gasteiger partial charge in [0.2, 0.25) is 0 Å². The highest BCUT2D eigenvalue weighted by Crippen LogP contribution is 2.29. The third kappa shape index (κ3) is 3.91. The molecule has 2 aromatic carbocycles. The van der Waals surface area contributed by atoms with Gasteiger partial charge in [-0.25, -0.2) is 4.98 Å². The molecule has 0 aliphatic carbocycles. The molecule has 8 heteroatoms. The second kappa shape index (κ2) is 8.74. The van der Waals surface area contributed by atoms with Crippen molar-refractivity contribution in [3.8, 4) is 11.3 Å². The van der Waals surface area contributed by atoms with Crippen LogP contribution in [0.1, 0.15) is 23.8 Å². The molecule has 1 saturated heterocycles. The molecule has 0 bridgehead atoms. The van der Waals surface area contributed by atoms with Crippen LogP contribution in [-0.4, -0.2) is 50.9 Å². The summed E-state index contributed by atoms with van der Waals surface area (Å²) in [6.07, 6.45) is 2.74. The van der Waals surface area contributed by atoms with Crippen molar-refractivity contribution in [2.24, 2.45) is 0 Å². The average molecular weight is 486 g/mol. The minimum Gasteiger partial charge on any atom is -0.423 e. The van der Waals surface area contributed by atoms with Crippen LogP contribution in [-0.2, 0) is 0 Å². The van der Waals surface area contributed by atoms with Gasteiger partial charge in [-0.1, -0.05) is 48.0 Å². The van der Waals surface area contributed by atoms with Gasteiger partial charge in [-0.05, 0) is 43.7 Å². The van der Waals surface area contributed by atoms with Gasteiger partial charge in [0, 0.05) is 42.5 Å². The van der Waals surface area contributed by atoms with Crippen molar-refractivity contribution in [1.82, 2.24) is 19.3 Å². The van der Waals surface area contributed by atoms with E-state index in [9.17, 15) is 4.79 Å². The lowest BCUT2D eigenvalue weighted by Crippen LogP contribution is -2.40. The van der Waals surface area contributed by atoms with Gasteiger partial charge < -0.3 is 14.2 Å². The molecule has 1 aliphatic heterocycles. The van der Waals surface area contributed by atoms with Crippen LogP contribution in [0.4, 0.5) is 6.01 Å². The van der Waals surface area contributed by atoms with Crippen LogP contribution in [0.3, 0.4) is 0 Å². The van der Waals surface area contributed by atoms with E-state index in [1.54, 1.807) is 12.1 Å². The van der Waals surface area contributed by atoms with E-state index in [0.717, 1.165) is 35.4 Å². The minimum atomic E-state index is -0.0637. The van der Waals surface area contributed by atoms with Gasteiger partial charge in [0.15, 0.2) is 11.3 Å². The van der Waals surface area contributed by atoms with E-state index in [2.05, 4.69) is 16.8 Å². The Morgan fingerprint density at radius 3 is 2.69 bits per heavy atom. The highest BCUT2D eigenvalue weighted by molar-refractivity contribution is 6.31. The minimum absolute atomic E-state index is 0.0414. The van der Waals surface area contributed by atoms with Crippen LogP contribution >= 0.6 is 11.6 Å². The van der Waals surface area contributed by atoms with E-state index in [1.165, 1.54) is 0 Å². The SMILES string of the molecule is C[C@@H]1CCN(c2nc3cc(Cl)ccc3o2)CCN1C(=O)c1nc2ccccn2c1-c1ccccc1. The molecule has 1 fully saturated rings. The molecule has 7 nitrogen and oxygen atoms in total. The molecule has 1 atom stereocenters. The first-order valence-corrected chi connectivity index (χ1v) is 12.1. The number of aromatic nitrogens is 3. The lowest BCUT2D eigenvalue weighted by molar-refractivity contribution is 0.0700. The number of carbonyl (C=O) groups excluding carboxylic acids is 1. The average Bonchev–Trinajstić information content (AvgIpc) is 3.41. The maximum Gasteiger partial charge on any atom is 0.298 e. The Balaban J connectivity index is 1.32. The van der Waals surface area contributed by atoms with Crippen LogP contribution in [0.2, 0.25) is 5.02 Å². The van der Waals surface area contributed by atoms with E-state index in [0.29, 0.717) is 35.4 Å². The third-order valence-electron chi connectivity index (χ3n) is 6.61. The number of benzene rings is 2. The fraction of sp³-hybridized carbons (Fsp3) is 0.222. The van der Waals surface area contributed by atoms with Crippen LogP contribution in [0.25, 0.3) is 28.0 Å². The second-order valence-corrected chi connectivity index (χ2v) is 9.27. The number of pyridine rings is 1. The summed E-state index contributed by atoms with van der Waals surface area (Å²) in [5.74, 6) is -0.0637. The molecule has 0 spiro atoms. The summed E-state index contributed by atoms with van der Waals surface area (Å²) in [6.45, 7) is 3.99. The second-order valence-electron chi connectivity index (χ2n) is 8.84. The van der Waals surface area contributed by atoms with Crippen LogP contribution in [0.15, 0.2) is 77.3 Å². The van der Waals surface area contributed by atoms with Crippen molar-refractivity contribution in [3.63, 3.8) is 0 Å². The molecule has 1 aliphatic rings. The predicted octanol–water partition coefficient (Wildman–Crippen LogP) is 5.54. The van der Waals surface area contributed by atoms with Crippen molar-refractivity contribution < 1.29 is 9.21 Å². The van der Waals surface area contributed by atoms with Crippen molar-refractivity contribution in [2.75, 3.05) is 24.5 Å². The third-order valence-corrected chi connectivity index (χ3v) is 6.84. The predicted molar refractivity (Wildman–Crippen MR) is 137 cm³/mol. The molecule has 176 valence electrons. The summed E-state index contributed by atoms with van der Waals surface area (Å²) in [5, 5.41) is 0.625. The number of fused-ring (bicyclic) bond motifs is 2. The molecule has 0 N–H and O–H groups in total. The number of halogens is 1. The normalized spacial score (nSPS) is 16.7. The van der Waals surface area contributed by atoms with Gasteiger partial charge in [0.25, 0.3) is 11.9 Å². The van der Waals surface area contributed by atoms with Crippen molar-refractivity contribution in [2.45, 2.75) is 19.4 Å². The fourth-order valence-electron chi connectivity index (χ4n) is 4.73. The van der Waals surface area contributed by atoms with Crippen LogP contribution < -0.4 is 4.90 Å². The van der Waals surface area contributed by atoms with E-state index >= 15 is 0 Å². The standard InChI is InChI=1S/C27H24ClN5O2/c1-18-12-14-31(27-29-21-17-20(28)10-11-22(21)35-27)15-16-32(18)26(34)24-25(19-7-3-2-4-8-19)33-13-6-5-9-23(33)30-24/h2-11,13,17-18H,12,14-16H2,1H3/t18-/m1/s1. The van der Waals surface area contributed by atoms with Gasteiger partial charge in [-0.2, -0.15) is 4.98 Å². The van der Waals surface area contributed by atoms with Gasteiger partial charge in [-0.15, -0.1) is 0 Å². The summed E-state index contributed by atoms with van der Waals surface area (Å²) in [5.41, 5.74) is 4.43. The van der Waals surface area contributed by atoms with E-state index in [4.69, 9.17) is 21.0 Å². The number of imidazole rings is 1. The highest BCUT2D eigenvalue weighted by Gasteiger charge is 2.31. The van der Waals surface area contributed by atoms with E-state index in [1.807, 2.05) is 70.1 Å². The lowest BCUT2D eigenvalue weighted by Gasteiger charge is -2.26. The van der Waals surface area contributed by atoms with Crippen LogP contribution in [0, 0.1) is 0 Å². The summed E-state index contributed by atoms with van der Waals surface area (Å²) < 4.78 is 7.97. The van der Waals surface area contributed by atoms with Crippen LogP contribution in [0.5, 0.6) is 0 Å². The van der Waals surface area contributed by atoms with Gasteiger partial charge in [-0.3, -0.25) is 9.20 Å². The first kappa shape index (κ1) is 21.7. The topological polar surface area (TPSA) is 66.9 Å². The molecule has 6 rings (SSSR count). The van der Waals surface area contributed by atoms with Gasteiger partial charge in [0.05, 0.1) is 5.69 Å². The molecule has 5 aromatic rings. The first-order valence-electron chi connectivity index (χ1n) is 11.7. The van der Waals surface area contributed by atoms with Crippen molar-refractivity contribution in [3.05, 3.63) is 83.6 Å². The molecular weight excluding hydrogens is 462 g/mol. The summed E-state index contributed by atoms with van der Waals surface area (Å²) in [7, 11) is 0. The van der Waals surface area contributed by atoms with E-state index < -0.39 is 0 Å². The summed E-state index contributed by atoms with van der Waals surface area (Å²) >= 11 is 6.11. The molecule has 0 unspecified atom stereocenters. The number of oxazole rings is 1. The number of hydrogen-bond donors (Lipinski definition) is 0. The maximum absolute atomic E-state index is 13.9. The number of rotatable bonds is 3. The Bertz CT molecular complexity index is 1530. The molecule has 0 saturated carbocycles. The molecular formula is C27H24ClN5O2. The summed E-state index contributed by atoms with van der Waals surface area (Å²) in [4.78, 5) is 27.3. The Kier molecular flexibility index (Phi) is 5.41. The highest BCUT2D eigenvalue weighted by atomic mass is 35.5. The number of carbonyl (C=O) groups is 1. The lowest BCUT2D eigenvalue weighted by atomic mass is 10.1. The first-order chi connectivity index (χ1) is 17.1. The maximum atomic E-state index is 13.9. The van der Waals surface area contributed by atoms with Gasteiger partial charge in [0.1, 0.15) is 11.2 Å². The molecule has 0 radical (unpaired) electrons. The zero-order valence-electron chi connectivity index (χ0n) is 19.3. The fourth-order valence-corrected chi connectivity index (χ4v) is 4.89. The smallest absolute Gasteiger partial charge is 0.298 e.